The van der Waals surface area contributed by atoms with Crippen molar-refractivity contribution in [1.29, 1.82) is 0 Å². The molecule has 2 aromatic rings. The van der Waals surface area contributed by atoms with Crippen molar-refractivity contribution in [2.45, 2.75) is 0 Å². The lowest BCUT2D eigenvalue weighted by molar-refractivity contribution is 1.14. The lowest BCUT2D eigenvalue weighted by atomic mass is 10.2. The molecule has 0 aromatic carbocycles. The molecular weight excluding hydrogens is 265 g/mol. The van der Waals surface area contributed by atoms with Crippen LogP contribution in [0.1, 0.15) is 0 Å². The molecule has 0 N–H and O–H groups in total. The molecule has 0 spiro atoms. The van der Waals surface area contributed by atoms with Gasteiger partial charge in [-0.1, -0.05) is 11.6 Å². The predicted octanol–water partition coefficient (Wildman–Crippen LogP) is 2.95. The fourth-order valence-electron chi connectivity index (χ4n) is 1.02. The molecule has 14 heavy (non-hydrogen) atoms. The predicted molar refractivity (Wildman–Crippen MR) is 58.0 cm³/mol. The maximum Gasteiger partial charge on any atom is 0.162 e. The summed E-state index contributed by atoms with van der Waals surface area (Å²) in [5, 5.41) is 0.415. The fourth-order valence-corrected chi connectivity index (χ4v) is 1.72. The van der Waals surface area contributed by atoms with Crippen molar-refractivity contribution in [3.63, 3.8) is 0 Å². The first-order valence-electron chi connectivity index (χ1n) is 3.86. The Morgan fingerprint density at radius 3 is 2.50 bits per heavy atom. The lowest BCUT2D eigenvalue weighted by Gasteiger charge is -2.00. The van der Waals surface area contributed by atoms with Crippen LogP contribution in [0.2, 0.25) is 5.15 Å². The van der Waals surface area contributed by atoms with Gasteiger partial charge in [0.1, 0.15) is 9.76 Å². The van der Waals surface area contributed by atoms with E-state index in [-0.39, 0.29) is 0 Å². The Balaban J connectivity index is 2.52. The number of hydrogen-bond donors (Lipinski definition) is 0. The molecule has 0 atom stereocenters. The third kappa shape index (κ3) is 2.08. The second-order valence-corrected chi connectivity index (χ2v) is 3.77. The van der Waals surface area contributed by atoms with Gasteiger partial charge >= 0.3 is 0 Å². The van der Waals surface area contributed by atoms with Crippen LogP contribution in [0.15, 0.2) is 35.2 Å². The summed E-state index contributed by atoms with van der Waals surface area (Å²) in [6.07, 6.45) is 3.38. The Labute approximate surface area is 94.3 Å². The number of aromatic nitrogens is 3. The van der Waals surface area contributed by atoms with E-state index in [1.807, 2.05) is 12.1 Å². The molecule has 2 heterocycles. The van der Waals surface area contributed by atoms with Crippen molar-refractivity contribution >= 4 is 27.5 Å². The summed E-state index contributed by atoms with van der Waals surface area (Å²) < 4.78 is 0.671. The molecule has 0 fully saturated rings. The van der Waals surface area contributed by atoms with E-state index in [0.29, 0.717) is 15.6 Å². The summed E-state index contributed by atoms with van der Waals surface area (Å²) >= 11 is 9.06. The Hall–Kier alpha value is -1.00. The molecule has 2 rings (SSSR count). The first-order valence-corrected chi connectivity index (χ1v) is 5.03. The average Bonchev–Trinajstić information content (AvgIpc) is 2.18. The zero-order valence-electron chi connectivity index (χ0n) is 6.98. The van der Waals surface area contributed by atoms with E-state index >= 15 is 0 Å². The minimum atomic E-state index is 0.415. The van der Waals surface area contributed by atoms with Gasteiger partial charge in [0.15, 0.2) is 5.82 Å². The van der Waals surface area contributed by atoms with Crippen LogP contribution in [0.3, 0.4) is 0 Å². The van der Waals surface area contributed by atoms with Crippen LogP contribution in [0.5, 0.6) is 0 Å². The van der Waals surface area contributed by atoms with Gasteiger partial charge in [0, 0.05) is 24.0 Å². The summed E-state index contributed by atoms with van der Waals surface area (Å²) in [5.74, 6) is 0.590. The minimum absolute atomic E-state index is 0.415. The summed E-state index contributed by atoms with van der Waals surface area (Å²) in [4.78, 5) is 12.2. The summed E-state index contributed by atoms with van der Waals surface area (Å²) in [5.41, 5.74) is 0.892. The third-order valence-electron chi connectivity index (χ3n) is 1.60. The van der Waals surface area contributed by atoms with Crippen molar-refractivity contribution in [2.75, 3.05) is 0 Å². The zero-order chi connectivity index (χ0) is 9.97. The highest BCUT2D eigenvalue weighted by Crippen LogP contribution is 2.19. The van der Waals surface area contributed by atoms with Gasteiger partial charge in [-0.2, -0.15) is 0 Å². The van der Waals surface area contributed by atoms with Gasteiger partial charge in [0.2, 0.25) is 0 Å². The molecule has 2 aromatic heterocycles. The number of hydrogen-bond acceptors (Lipinski definition) is 3. The maximum atomic E-state index is 5.80. The Bertz CT molecular complexity index is 427. The summed E-state index contributed by atoms with van der Waals surface area (Å²) in [6.45, 7) is 0. The van der Waals surface area contributed by atoms with E-state index < -0.39 is 0 Å². The number of nitrogens with zero attached hydrogens (tertiary/aromatic N) is 3. The van der Waals surface area contributed by atoms with Crippen molar-refractivity contribution < 1.29 is 0 Å². The van der Waals surface area contributed by atoms with Crippen LogP contribution >= 0.6 is 27.5 Å². The van der Waals surface area contributed by atoms with E-state index in [1.54, 1.807) is 18.5 Å². The molecule has 0 saturated carbocycles. The number of rotatable bonds is 1. The molecular formula is C9H5BrClN3. The van der Waals surface area contributed by atoms with Gasteiger partial charge in [-0.25, -0.2) is 9.97 Å². The molecule has 0 unspecified atom stereocenters. The van der Waals surface area contributed by atoms with E-state index in [0.717, 1.165) is 5.56 Å². The second-order valence-electron chi connectivity index (χ2n) is 2.57. The minimum Gasteiger partial charge on any atom is -0.265 e. The van der Waals surface area contributed by atoms with E-state index in [9.17, 15) is 0 Å². The van der Waals surface area contributed by atoms with Crippen LogP contribution in [-0.2, 0) is 0 Å². The molecule has 0 bridgehead atoms. The standard InChI is InChI=1S/C9H5BrClN3/c10-7-5-8(11)14-9(13-7)6-1-3-12-4-2-6/h1-5H. The zero-order valence-corrected chi connectivity index (χ0v) is 9.33. The Morgan fingerprint density at radius 2 is 1.86 bits per heavy atom. The number of pyridine rings is 1. The smallest absolute Gasteiger partial charge is 0.162 e. The van der Waals surface area contributed by atoms with Gasteiger partial charge < -0.3 is 0 Å². The van der Waals surface area contributed by atoms with Crippen LogP contribution in [0.25, 0.3) is 11.4 Å². The highest BCUT2D eigenvalue weighted by molar-refractivity contribution is 9.10. The van der Waals surface area contributed by atoms with Crippen molar-refractivity contribution in [2.24, 2.45) is 0 Å². The molecule has 0 saturated heterocycles. The van der Waals surface area contributed by atoms with E-state index in [2.05, 4.69) is 30.9 Å². The third-order valence-corrected chi connectivity index (χ3v) is 2.20. The Morgan fingerprint density at radius 1 is 1.14 bits per heavy atom. The van der Waals surface area contributed by atoms with Gasteiger partial charge in [-0.3, -0.25) is 4.98 Å². The molecule has 3 nitrogen and oxygen atoms in total. The topological polar surface area (TPSA) is 38.7 Å². The van der Waals surface area contributed by atoms with Crippen LogP contribution in [-0.4, -0.2) is 15.0 Å². The monoisotopic (exact) mass is 269 g/mol. The summed E-state index contributed by atoms with van der Waals surface area (Å²) in [7, 11) is 0. The Kier molecular flexibility index (Phi) is 2.74. The highest BCUT2D eigenvalue weighted by Gasteiger charge is 2.03. The normalized spacial score (nSPS) is 10.1. The average molecular weight is 271 g/mol. The molecule has 70 valence electrons. The fraction of sp³-hybridized carbons (Fsp3) is 0. The van der Waals surface area contributed by atoms with E-state index in [4.69, 9.17) is 11.6 Å². The number of halogens is 2. The first-order chi connectivity index (χ1) is 6.75. The lowest BCUT2D eigenvalue weighted by Crippen LogP contribution is -1.89. The van der Waals surface area contributed by atoms with Crippen LogP contribution in [0.4, 0.5) is 0 Å². The van der Waals surface area contributed by atoms with Crippen LogP contribution < -0.4 is 0 Å². The molecule has 0 amide bonds. The second kappa shape index (κ2) is 4.02. The summed E-state index contributed by atoms with van der Waals surface area (Å²) in [6, 6.07) is 5.31. The SMILES string of the molecule is Clc1cc(Br)nc(-c2ccncc2)n1. The molecule has 0 aliphatic heterocycles. The quantitative estimate of drug-likeness (QED) is 0.748. The largest absolute Gasteiger partial charge is 0.265 e. The van der Waals surface area contributed by atoms with Gasteiger partial charge in [0.25, 0.3) is 0 Å². The van der Waals surface area contributed by atoms with Gasteiger partial charge in [0.05, 0.1) is 0 Å². The molecule has 5 heteroatoms. The van der Waals surface area contributed by atoms with Crippen molar-refractivity contribution in [3.8, 4) is 11.4 Å². The molecule has 0 aliphatic rings. The van der Waals surface area contributed by atoms with Gasteiger partial charge in [-0.15, -0.1) is 0 Å². The van der Waals surface area contributed by atoms with E-state index in [1.165, 1.54) is 0 Å². The molecule has 0 radical (unpaired) electrons. The maximum absolute atomic E-state index is 5.80. The van der Waals surface area contributed by atoms with Crippen LogP contribution in [0, 0.1) is 0 Å². The van der Waals surface area contributed by atoms with Crippen molar-refractivity contribution in [1.82, 2.24) is 15.0 Å². The van der Waals surface area contributed by atoms with Gasteiger partial charge in [-0.05, 0) is 28.1 Å². The van der Waals surface area contributed by atoms with Crippen molar-refractivity contribution in [3.05, 3.63) is 40.3 Å². The highest BCUT2D eigenvalue weighted by atomic mass is 79.9. The molecule has 0 aliphatic carbocycles. The first kappa shape index (κ1) is 9.55.